The van der Waals surface area contributed by atoms with Gasteiger partial charge in [0.1, 0.15) is 0 Å². The highest BCUT2D eigenvalue weighted by Crippen LogP contribution is 2.19. The molecule has 2 heterocycles. The van der Waals surface area contributed by atoms with Gasteiger partial charge in [0.15, 0.2) is 4.96 Å². The fourth-order valence-electron chi connectivity index (χ4n) is 2.31. The molecule has 1 N–H and O–H groups in total. The van der Waals surface area contributed by atoms with Gasteiger partial charge in [0, 0.05) is 29.9 Å². The van der Waals surface area contributed by atoms with Crippen LogP contribution in [-0.2, 0) is 11.2 Å². The van der Waals surface area contributed by atoms with Gasteiger partial charge in [0.2, 0.25) is 5.91 Å². The average Bonchev–Trinajstić information content (AvgIpc) is 3.08. The van der Waals surface area contributed by atoms with Gasteiger partial charge in [0.25, 0.3) is 5.69 Å². The van der Waals surface area contributed by atoms with Crippen molar-refractivity contribution in [2.75, 3.05) is 0 Å². The second kappa shape index (κ2) is 6.17. The highest BCUT2D eigenvalue weighted by Gasteiger charge is 2.14. The van der Waals surface area contributed by atoms with Gasteiger partial charge in [-0.1, -0.05) is 12.1 Å². The normalized spacial score (nSPS) is 12.2. The Morgan fingerprint density at radius 3 is 3.09 bits per heavy atom. The summed E-state index contributed by atoms with van der Waals surface area (Å²) in [6.07, 6.45) is 3.89. The number of aromatic nitrogens is 2. The minimum atomic E-state index is -0.449. The lowest BCUT2D eigenvalue weighted by molar-refractivity contribution is -0.384. The van der Waals surface area contributed by atoms with Gasteiger partial charge in [-0.15, -0.1) is 11.3 Å². The number of thiazole rings is 1. The predicted molar refractivity (Wildman–Crippen MR) is 86.4 cm³/mol. The summed E-state index contributed by atoms with van der Waals surface area (Å²) < 4.78 is 1.87. The summed E-state index contributed by atoms with van der Waals surface area (Å²) in [7, 11) is 0. The van der Waals surface area contributed by atoms with Gasteiger partial charge in [-0.2, -0.15) is 0 Å². The van der Waals surface area contributed by atoms with Crippen molar-refractivity contribution < 1.29 is 9.72 Å². The van der Waals surface area contributed by atoms with Crippen LogP contribution in [0.1, 0.15) is 24.2 Å². The van der Waals surface area contributed by atoms with Gasteiger partial charge in [-0.05, 0) is 12.5 Å². The lowest BCUT2D eigenvalue weighted by Crippen LogP contribution is -2.28. The van der Waals surface area contributed by atoms with Crippen LogP contribution < -0.4 is 5.32 Å². The van der Waals surface area contributed by atoms with Crippen LogP contribution in [-0.4, -0.2) is 20.2 Å². The number of imidazole rings is 1. The molecule has 0 radical (unpaired) electrons. The van der Waals surface area contributed by atoms with Crippen molar-refractivity contribution in [1.82, 2.24) is 14.7 Å². The van der Waals surface area contributed by atoms with Gasteiger partial charge in [0.05, 0.1) is 23.1 Å². The van der Waals surface area contributed by atoms with Crippen molar-refractivity contribution in [1.29, 1.82) is 0 Å². The van der Waals surface area contributed by atoms with E-state index in [4.69, 9.17) is 0 Å². The predicted octanol–water partition coefficient (Wildman–Crippen LogP) is 2.72. The largest absolute Gasteiger partial charge is 0.349 e. The first-order valence-corrected chi connectivity index (χ1v) is 7.85. The van der Waals surface area contributed by atoms with Crippen molar-refractivity contribution in [3.05, 3.63) is 63.4 Å². The summed E-state index contributed by atoms with van der Waals surface area (Å²) >= 11 is 1.51. The molecule has 8 heteroatoms. The number of hydrogen-bond acceptors (Lipinski definition) is 5. The van der Waals surface area contributed by atoms with Crippen LogP contribution in [0.2, 0.25) is 0 Å². The molecular weight excluding hydrogens is 316 g/mol. The van der Waals surface area contributed by atoms with E-state index in [-0.39, 0.29) is 24.1 Å². The average molecular weight is 330 g/mol. The van der Waals surface area contributed by atoms with Crippen molar-refractivity contribution in [3.63, 3.8) is 0 Å². The molecule has 3 rings (SSSR count). The molecule has 0 unspecified atom stereocenters. The van der Waals surface area contributed by atoms with Crippen molar-refractivity contribution in [2.45, 2.75) is 19.4 Å². The Morgan fingerprint density at radius 2 is 2.35 bits per heavy atom. The highest BCUT2D eigenvalue weighted by molar-refractivity contribution is 7.15. The molecule has 0 saturated heterocycles. The number of non-ortho nitro benzene ring substituents is 1. The van der Waals surface area contributed by atoms with Crippen LogP contribution >= 0.6 is 11.3 Å². The third-order valence-corrected chi connectivity index (χ3v) is 4.21. The Hall–Kier alpha value is -2.74. The summed E-state index contributed by atoms with van der Waals surface area (Å²) in [4.78, 5) is 27.7. The number of nitrogens with one attached hydrogen (secondary N) is 1. The van der Waals surface area contributed by atoms with E-state index in [1.165, 1.54) is 23.5 Å². The summed E-state index contributed by atoms with van der Waals surface area (Å²) in [5.41, 5.74) is 1.40. The SMILES string of the molecule is C[C@H](NC(=O)Cc1cn2ccsc2n1)c1cccc([N+](=O)[O-])c1. The zero-order valence-corrected chi connectivity index (χ0v) is 13.1. The van der Waals surface area contributed by atoms with E-state index < -0.39 is 4.92 Å². The highest BCUT2D eigenvalue weighted by atomic mass is 32.1. The number of hydrogen-bond donors (Lipinski definition) is 1. The number of carbonyl (C=O) groups is 1. The molecule has 7 nitrogen and oxygen atoms in total. The van der Waals surface area contributed by atoms with Crippen molar-refractivity contribution in [3.8, 4) is 0 Å². The first-order chi connectivity index (χ1) is 11.0. The minimum absolute atomic E-state index is 0.0120. The zero-order valence-electron chi connectivity index (χ0n) is 12.3. The Balaban J connectivity index is 1.66. The molecule has 23 heavy (non-hydrogen) atoms. The molecular formula is C15H14N4O3S. The molecule has 1 aromatic carbocycles. The number of rotatable bonds is 5. The molecule has 0 spiro atoms. The molecule has 0 saturated carbocycles. The fourth-order valence-corrected chi connectivity index (χ4v) is 3.03. The Bertz CT molecular complexity index is 842. The first kappa shape index (κ1) is 15.2. The summed E-state index contributed by atoms with van der Waals surface area (Å²) in [6, 6.07) is 5.95. The maximum absolute atomic E-state index is 12.1. The second-order valence-corrected chi connectivity index (χ2v) is 6.02. The number of nitro benzene ring substituents is 1. The Labute approximate surface area is 135 Å². The molecule has 0 aliphatic rings. The molecule has 0 bridgehead atoms. The zero-order chi connectivity index (χ0) is 16.4. The lowest BCUT2D eigenvalue weighted by atomic mass is 10.1. The lowest BCUT2D eigenvalue weighted by Gasteiger charge is -2.13. The number of carbonyl (C=O) groups excluding carboxylic acids is 1. The van der Waals surface area contributed by atoms with Gasteiger partial charge < -0.3 is 5.32 Å². The number of amides is 1. The van der Waals surface area contributed by atoms with Crippen LogP contribution in [0.4, 0.5) is 5.69 Å². The van der Waals surface area contributed by atoms with Crippen LogP contribution in [0.3, 0.4) is 0 Å². The van der Waals surface area contributed by atoms with Crippen LogP contribution in [0.5, 0.6) is 0 Å². The molecule has 2 aromatic heterocycles. The Morgan fingerprint density at radius 1 is 1.52 bits per heavy atom. The van der Waals surface area contributed by atoms with Crippen molar-refractivity contribution >= 4 is 27.9 Å². The van der Waals surface area contributed by atoms with Gasteiger partial charge in [-0.25, -0.2) is 4.98 Å². The fraction of sp³-hybridized carbons (Fsp3) is 0.200. The van der Waals surface area contributed by atoms with Crippen LogP contribution in [0.15, 0.2) is 42.0 Å². The molecule has 118 valence electrons. The van der Waals surface area contributed by atoms with E-state index in [0.29, 0.717) is 11.3 Å². The summed E-state index contributed by atoms with van der Waals surface area (Å²) in [6.45, 7) is 1.79. The minimum Gasteiger partial charge on any atom is -0.349 e. The number of nitro groups is 1. The van der Waals surface area contributed by atoms with Crippen LogP contribution in [0, 0.1) is 10.1 Å². The number of fused-ring (bicyclic) bond motifs is 1. The number of nitrogens with zero attached hydrogens (tertiary/aromatic N) is 3. The summed E-state index contributed by atoms with van der Waals surface area (Å²) in [5.74, 6) is -0.172. The smallest absolute Gasteiger partial charge is 0.269 e. The quantitative estimate of drug-likeness (QED) is 0.575. The standard InChI is InChI=1S/C15H14N4O3S/c1-10(11-3-2-4-13(7-11)19(21)22)16-14(20)8-12-9-18-5-6-23-15(18)17-12/h2-7,9-10H,8H2,1H3,(H,16,20)/t10-/m0/s1. The maximum atomic E-state index is 12.1. The van der Waals surface area contributed by atoms with E-state index in [2.05, 4.69) is 10.3 Å². The van der Waals surface area contributed by atoms with Gasteiger partial charge >= 0.3 is 0 Å². The van der Waals surface area contributed by atoms with E-state index in [9.17, 15) is 14.9 Å². The molecule has 1 atom stereocenters. The van der Waals surface area contributed by atoms with E-state index in [1.54, 1.807) is 19.1 Å². The molecule has 0 fully saturated rings. The molecule has 0 aliphatic carbocycles. The summed E-state index contributed by atoms with van der Waals surface area (Å²) in [5, 5.41) is 15.6. The maximum Gasteiger partial charge on any atom is 0.269 e. The van der Waals surface area contributed by atoms with E-state index >= 15 is 0 Å². The molecule has 1 amide bonds. The number of benzene rings is 1. The Kier molecular flexibility index (Phi) is 4.07. The first-order valence-electron chi connectivity index (χ1n) is 6.98. The third kappa shape index (κ3) is 3.37. The van der Waals surface area contributed by atoms with E-state index in [1.807, 2.05) is 22.2 Å². The molecule has 3 aromatic rings. The van der Waals surface area contributed by atoms with Gasteiger partial charge in [-0.3, -0.25) is 19.3 Å². The van der Waals surface area contributed by atoms with Crippen LogP contribution in [0.25, 0.3) is 4.96 Å². The monoisotopic (exact) mass is 330 g/mol. The topological polar surface area (TPSA) is 89.5 Å². The van der Waals surface area contributed by atoms with E-state index in [0.717, 1.165) is 4.96 Å². The third-order valence-electron chi connectivity index (χ3n) is 3.44. The molecule has 0 aliphatic heterocycles. The second-order valence-electron chi connectivity index (χ2n) is 5.14. The van der Waals surface area contributed by atoms with Crippen molar-refractivity contribution in [2.24, 2.45) is 0 Å².